The minimum Gasteiger partial charge on any atom is -0.493 e. The van der Waals surface area contributed by atoms with Crippen molar-refractivity contribution in [1.29, 1.82) is 0 Å². The number of rotatable bonds is 6. The standard InChI is InChI=1S/C17H18BrN3O3S/c1-2-23-13-7-6-12(18)10-11(13)5-8-15(22)19-17-21-20-16(25-17)14-4-3-9-24-14/h5-8,10,14H,2-4,9H2,1H3,(H,19,21,22)/b8-5+. The second-order valence-corrected chi connectivity index (χ2v) is 7.31. The van der Waals surface area contributed by atoms with Gasteiger partial charge in [-0.3, -0.25) is 10.1 Å². The molecule has 25 heavy (non-hydrogen) atoms. The zero-order chi connectivity index (χ0) is 17.6. The summed E-state index contributed by atoms with van der Waals surface area (Å²) < 4.78 is 12.1. The second-order valence-electron chi connectivity index (χ2n) is 5.38. The molecule has 132 valence electrons. The fraction of sp³-hybridized carbons (Fsp3) is 0.353. The van der Waals surface area contributed by atoms with Crippen LogP contribution in [0.3, 0.4) is 0 Å². The van der Waals surface area contributed by atoms with Gasteiger partial charge in [0, 0.05) is 22.7 Å². The van der Waals surface area contributed by atoms with Crippen LogP contribution in [0.25, 0.3) is 6.08 Å². The number of anilines is 1. The van der Waals surface area contributed by atoms with E-state index < -0.39 is 0 Å². The zero-order valence-corrected chi connectivity index (χ0v) is 16.1. The van der Waals surface area contributed by atoms with Crippen LogP contribution in [0, 0.1) is 0 Å². The second kappa shape index (κ2) is 8.55. The molecule has 1 fully saturated rings. The first-order valence-corrected chi connectivity index (χ1v) is 9.63. The highest BCUT2D eigenvalue weighted by atomic mass is 79.9. The molecule has 0 bridgehead atoms. The maximum Gasteiger partial charge on any atom is 0.250 e. The molecule has 1 aliphatic heterocycles. The normalized spacial score (nSPS) is 17.1. The van der Waals surface area contributed by atoms with Crippen molar-refractivity contribution >= 4 is 44.4 Å². The Hall–Kier alpha value is -1.77. The molecule has 2 aromatic rings. The number of hydrogen-bond donors (Lipinski definition) is 1. The Morgan fingerprint density at radius 3 is 3.16 bits per heavy atom. The number of halogens is 1. The molecule has 1 atom stereocenters. The highest BCUT2D eigenvalue weighted by Gasteiger charge is 2.22. The molecule has 0 saturated carbocycles. The topological polar surface area (TPSA) is 73.3 Å². The maximum absolute atomic E-state index is 12.1. The quantitative estimate of drug-likeness (QED) is 0.704. The van der Waals surface area contributed by atoms with Crippen molar-refractivity contribution in [2.24, 2.45) is 0 Å². The van der Waals surface area contributed by atoms with Gasteiger partial charge in [-0.1, -0.05) is 27.3 Å². The van der Waals surface area contributed by atoms with E-state index in [-0.39, 0.29) is 12.0 Å². The van der Waals surface area contributed by atoms with E-state index in [1.807, 2.05) is 25.1 Å². The van der Waals surface area contributed by atoms with Crippen LogP contribution < -0.4 is 10.1 Å². The molecule has 1 amide bonds. The lowest BCUT2D eigenvalue weighted by Gasteiger charge is -2.07. The summed E-state index contributed by atoms with van der Waals surface area (Å²) in [6.07, 6.45) is 5.16. The number of benzene rings is 1. The summed E-state index contributed by atoms with van der Waals surface area (Å²) in [6, 6.07) is 5.66. The molecule has 1 aromatic heterocycles. The lowest BCUT2D eigenvalue weighted by Crippen LogP contribution is -2.07. The average Bonchev–Trinajstić information content (AvgIpc) is 3.26. The molecule has 0 aliphatic carbocycles. The molecule has 0 spiro atoms. The van der Waals surface area contributed by atoms with E-state index in [1.54, 1.807) is 6.08 Å². The van der Waals surface area contributed by atoms with Crippen LogP contribution in [0.2, 0.25) is 0 Å². The van der Waals surface area contributed by atoms with Crippen LogP contribution in [-0.4, -0.2) is 29.3 Å². The Morgan fingerprint density at radius 2 is 2.40 bits per heavy atom. The molecule has 8 heteroatoms. The fourth-order valence-corrected chi connectivity index (χ4v) is 3.65. The molecule has 3 rings (SSSR count). The summed E-state index contributed by atoms with van der Waals surface area (Å²) in [5.41, 5.74) is 0.823. The van der Waals surface area contributed by atoms with Crippen LogP contribution in [-0.2, 0) is 9.53 Å². The van der Waals surface area contributed by atoms with Gasteiger partial charge in [-0.2, -0.15) is 0 Å². The molecule has 1 aliphatic rings. The summed E-state index contributed by atoms with van der Waals surface area (Å²) in [6.45, 7) is 3.23. The van der Waals surface area contributed by atoms with Gasteiger partial charge >= 0.3 is 0 Å². The maximum atomic E-state index is 12.1. The zero-order valence-electron chi connectivity index (χ0n) is 13.7. The Bertz CT molecular complexity index is 772. The number of nitrogens with zero attached hydrogens (tertiary/aromatic N) is 2. The van der Waals surface area contributed by atoms with E-state index in [0.29, 0.717) is 11.7 Å². The minimum absolute atomic E-state index is 0.00844. The Kier molecular flexibility index (Phi) is 6.17. The Labute approximate surface area is 158 Å². The SMILES string of the molecule is CCOc1ccc(Br)cc1/C=C/C(=O)Nc1nnc(C2CCCO2)s1. The van der Waals surface area contributed by atoms with Crippen molar-refractivity contribution < 1.29 is 14.3 Å². The minimum atomic E-state index is -0.266. The van der Waals surface area contributed by atoms with Gasteiger partial charge in [-0.05, 0) is 44.0 Å². The van der Waals surface area contributed by atoms with Crippen molar-refractivity contribution in [3.63, 3.8) is 0 Å². The van der Waals surface area contributed by atoms with Gasteiger partial charge < -0.3 is 9.47 Å². The number of nitrogens with one attached hydrogen (secondary N) is 1. The number of ether oxygens (including phenoxy) is 2. The Morgan fingerprint density at radius 1 is 1.52 bits per heavy atom. The van der Waals surface area contributed by atoms with Crippen LogP contribution in [0.5, 0.6) is 5.75 Å². The van der Waals surface area contributed by atoms with Crippen LogP contribution in [0.1, 0.15) is 36.4 Å². The predicted octanol–water partition coefficient (Wildman–Crippen LogP) is 4.20. The molecule has 0 radical (unpaired) electrons. The first-order chi connectivity index (χ1) is 12.2. The highest BCUT2D eigenvalue weighted by molar-refractivity contribution is 9.10. The van der Waals surface area contributed by atoms with Crippen molar-refractivity contribution in [2.75, 3.05) is 18.5 Å². The van der Waals surface area contributed by atoms with Gasteiger partial charge in [-0.25, -0.2) is 0 Å². The molecular weight excluding hydrogens is 406 g/mol. The van der Waals surface area contributed by atoms with Gasteiger partial charge in [0.1, 0.15) is 16.9 Å². The summed E-state index contributed by atoms with van der Waals surface area (Å²) in [5, 5.41) is 12.1. The van der Waals surface area contributed by atoms with Crippen molar-refractivity contribution in [2.45, 2.75) is 25.9 Å². The number of aromatic nitrogens is 2. The fourth-order valence-electron chi connectivity index (χ4n) is 2.44. The summed E-state index contributed by atoms with van der Waals surface area (Å²) in [4.78, 5) is 12.1. The monoisotopic (exact) mass is 423 g/mol. The molecular formula is C17H18BrN3O3S. The Balaban J connectivity index is 1.64. The van der Waals surface area contributed by atoms with Crippen molar-refractivity contribution in [3.8, 4) is 5.75 Å². The van der Waals surface area contributed by atoms with Gasteiger partial charge in [0.05, 0.1) is 6.61 Å². The van der Waals surface area contributed by atoms with E-state index in [9.17, 15) is 4.79 Å². The molecule has 1 aromatic carbocycles. The van der Waals surface area contributed by atoms with Crippen LogP contribution >= 0.6 is 27.3 Å². The summed E-state index contributed by atoms with van der Waals surface area (Å²) >= 11 is 4.77. The van der Waals surface area contributed by atoms with E-state index in [1.165, 1.54) is 17.4 Å². The van der Waals surface area contributed by atoms with E-state index in [2.05, 4.69) is 31.4 Å². The molecule has 2 heterocycles. The third-order valence-electron chi connectivity index (χ3n) is 3.56. The first-order valence-electron chi connectivity index (χ1n) is 8.02. The molecule has 1 unspecified atom stereocenters. The smallest absolute Gasteiger partial charge is 0.250 e. The van der Waals surface area contributed by atoms with Gasteiger partial charge in [0.2, 0.25) is 11.0 Å². The van der Waals surface area contributed by atoms with Crippen molar-refractivity contribution in [3.05, 3.63) is 39.3 Å². The molecule has 6 nitrogen and oxygen atoms in total. The largest absolute Gasteiger partial charge is 0.493 e. The number of hydrogen-bond acceptors (Lipinski definition) is 6. The molecule has 1 N–H and O–H groups in total. The predicted molar refractivity (Wildman–Crippen MR) is 101 cm³/mol. The van der Waals surface area contributed by atoms with E-state index >= 15 is 0 Å². The number of carbonyl (C=O) groups is 1. The van der Waals surface area contributed by atoms with Crippen LogP contribution in [0.15, 0.2) is 28.7 Å². The lowest BCUT2D eigenvalue weighted by atomic mass is 10.2. The number of amides is 1. The van der Waals surface area contributed by atoms with Gasteiger partial charge in [0.15, 0.2) is 0 Å². The highest BCUT2D eigenvalue weighted by Crippen LogP contribution is 2.32. The average molecular weight is 424 g/mol. The number of carbonyl (C=O) groups excluding carboxylic acids is 1. The van der Waals surface area contributed by atoms with E-state index in [4.69, 9.17) is 9.47 Å². The van der Waals surface area contributed by atoms with Gasteiger partial charge in [0.25, 0.3) is 0 Å². The third kappa shape index (κ3) is 4.87. The first kappa shape index (κ1) is 18.0. The van der Waals surface area contributed by atoms with Gasteiger partial charge in [-0.15, -0.1) is 10.2 Å². The third-order valence-corrected chi connectivity index (χ3v) is 4.99. The lowest BCUT2D eigenvalue weighted by molar-refractivity contribution is -0.111. The molecule has 1 saturated heterocycles. The van der Waals surface area contributed by atoms with Crippen LogP contribution in [0.4, 0.5) is 5.13 Å². The van der Waals surface area contributed by atoms with Crippen molar-refractivity contribution in [1.82, 2.24) is 10.2 Å². The van der Waals surface area contributed by atoms with E-state index in [0.717, 1.165) is 40.2 Å². The summed E-state index contributed by atoms with van der Waals surface area (Å²) in [5.74, 6) is 0.462. The summed E-state index contributed by atoms with van der Waals surface area (Å²) in [7, 11) is 0.